The molecule has 0 radical (unpaired) electrons. The molecule has 0 bridgehead atoms. The number of piperidine rings is 1. The van der Waals surface area contributed by atoms with E-state index in [1.807, 2.05) is 4.90 Å². The Bertz CT molecular complexity index is 1110. The van der Waals surface area contributed by atoms with Crippen LogP contribution in [0.5, 0.6) is 5.75 Å². The molecular formula is C28H33FN2O5. The molecule has 36 heavy (non-hydrogen) atoms. The summed E-state index contributed by atoms with van der Waals surface area (Å²) in [4.78, 5) is 41.4. The lowest BCUT2D eigenvalue weighted by atomic mass is 9.75. The lowest BCUT2D eigenvalue weighted by Gasteiger charge is -2.38. The van der Waals surface area contributed by atoms with E-state index in [1.165, 1.54) is 12.1 Å². The number of carboxylic acids is 1. The van der Waals surface area contributed by atoms with Gasteiger partial charge in [-0.25, -0.2) is 9.18 Å². The smallest absolute Gasteiger partial charge is 0.341 e. The summed E-state index contributed by atoms with van der Waals surface area (Å²) in [6.45, 7) is 5.36. The maximum absolute atomic E-state index is 13.7. The highest BCUT2D eigenvalue weighted by Crippen LogP contribution is 2.45. The van der Waals surface area contributed by atoms with Gasteiger partial charge < -0.3 is 19.6 Å². The van der Waals surface area contributed by atoms with Gasteiger partial charge in [0.1, 0.15) is 11.6 Å². The van der Waals surface area contributed by atoms with E-state index in [1.54, 1.807) is 41.3 Å². The molecule has 2 aromatic carbocycles. The fraction of sp³-hybridized carbons (Fsp3) is 0.464. The van der Waals surface area contributed by atoms with Gasteiger partial charge in [0, 0.05) is 31.2 Å². The van der Waals surface area contributed by atoms with Crippen LogP contribution in [0.3, 0.4) is 0 Å². The minimum absolute atomic E-state index is 0.0516. The summed E-state index contributed by atoms with van der Waals surface area (Å²) in [5, 5.41) is 8.81. The van der Waals surface area contributed by atoms with Crippen LogP contribution in [-0.2, 0) is 16.0 Å². The number of hydrogen-bond acceptors (Lipinski definition) is 4. The molecule has 0 unspecified atom stereocenters. The number of hydrogen-bond donors (Lipinski definition) is 1. The van der Waals surface area contributed by atoms with Gasteiger partial charge in [0.25, 0.3) is 5.91 Å². The zero-order chi connectivity index (χ0) is 25.9. The van der Waals surface area contributed by atoms with Gasteiger partial charge in [-0.3, -0.25) is 9.59 Å². The molecule has 2 fully saturated rings. The van der Waals surface area contributed by atoms with Crippen molar-refractivity contribution in [1.29, 1.82) is 0 Å². The molecule has 2 heterocycles. The van der Waals surface area contributed by atoms with E-state index >= 15 is 0 Å². The van der Waals surface area contributed by atoms with Crippen molar-refractivity contribution in [2.45, 2.75) is 45.6 Å². The summed E-state index contributed by atoms with van der Waals surface area (Å²) in [5.74, 6) is -0.684. The zero-order valence-corrected chi connectivity index (χ0v) is 20.8. The van der Waals surface area contributed by atoms with E-state index in [-0.39, 0.29) is 23.7 Å². The van der Waals surface area contributed by atoms with Gasteiger partial charge in [-0.2, -0.15) is 0 Å². The third-order valence-corrected chi connectivity index (χ3v) is 7.18. The molecule has 2 aliphatic rings. The highest BCUT2D eigenvalue weighted by molar-refractivity contribution is 5.95. The molecule has 2 saturated heterocycles. The predicted octanol–water partition coefficient (Wildman–Crippen LogP) is 4.01. The molecule has 1 spiro atoms. The number of ether oxygens (including phenoxy) is 1. The quantitative estimate of drug-likeness (QED) is 0.597. The van der Waals surface area contributed by atoms with Gasteiger partial charge >= 0.3 is 5.97 Å². The summed E-state index contributed by atoms with van der Waals surface area (Å²) < 4.78 is 18.6. The third kappa shape index (κ3) is 5.69. The molecule has 2 aromatic rings. The number of amides is 2. The Hall–Kier alpha value is -3.42. The predicted molar refractivity (Wildman–Crippen MR) is 132 cm³/mol. The Morgan fingerprint density at radius 3 is 2.47 bits per heavy atom. The van der Waals surface area contributed by atoms with Crippen LogP contribution in [-0.4, -0.2) is 65.0 Å². The largest absolute Gasteiger partial charge is 0.482 e. The van der Waals surface area contributed by atoms with Crippen LogP contribution >= 0.6 is 0 Å². The first-order chi connectivity index (χ1) is 17.2. The second kappa shape index (κ2) is 10.7. The van der Waals surface area contributed by atoms with E-state index in [4.69, 9.17) is 9.84 Å². The molecule has 0 saturated carbocycles. The lowest BCUT2D eigenvalue weighted by Crippen LogP contribution is -2.47. The maximum atomic E-state index is 13.7. The molecule has 1 N–H and O–H groups in total. The Balaban J connectivity index is 1.44. The van der Waals surface area contributed by atoms with Crippen molar-refractivity contribution in [3.63, 3.8) is 0 Å². The van der Waals surface area contributed by atoms with Crippen molar-refractivity contribution in [3.8, 4) is 5.75 Å². The Labute approximate surface area is 210 Å². The van der Waals surface area contributed by atoms with Crippen molar-refractivity contribution >= 4 is 17.8 Å². The Morgan fingerprint density at radius 2 is 1.83 bits per heavy atom. The first-order valence-electron chi connectivity index (χ1n) is 12.5. The number of halogens is 1. The second-order valence-electron chi connectivity index (χ2n) is 10.3. The number of benzene rings is 2. The van der Waals surface area contributed by atoms with Crippen LogP contribution in [0.15, 0.2) is 48.5 Å². The molecule has 192 valence electrons. The highest BCUT2D eigenvalue weighted by atomic mass is 19.1. The number of carbonyl (C=O) groups excluding carboxylic acids is 2. The summed E-state index contributed by atoms with van der Waals surface area (Å²) in [6, 6.07) is 13.1. The molecule has 2 amide bonds. The summed E-state index contributed by atoms with van der Waals surface area (Å²) in [7, 11) is 0. The molecule has 0 aliphatic carbocycles. The van der Waals surface area contributed by atoms with Crippen LogP contribution in [0.25, 0.3) is 0 Å². The first-order valence-corrected chi connectivity index (χ1v) is 12.5. The second-order valence-corrected chi connectivity index (χ2v) is 10.3. The van der Waals surface area contributed by atoms with Gasteiger partial charge in [0.15, 0.2) is 6.61 Å². The van der Waals surface area contributed by atoms with E-state index < -0.39 is 18.0 Å². The normalized spacial score (nSPS) is 19.2. The molecule has 0 aromatic heterocycles. The third-order valence-electron chi connectivity index (χ3n) is 7.18. The van der Waals surface area contributed by atoms with Crippen molar-refractivity contribution in [1.82, 2.24) is 9.80 Å². The summed E-state index contributed by atoms with van der Waals surface area (Å²) >= 11 is 0. The van der Waals surface area contributed by atoms with Crippen LogP contribution in [0, 0.1) is 17.2 Å². The lowest BCUT2D eigenvalue weighted by molar-refractivity contribution is -0.140. The van der Waals surface area contributed by atoms with E-state index in [9.17, 15) is 18.8 Å². The van der Waals surface area contributed by atoms with Gasteiger partial charge in [0.05, 0.1) is 5.41 Å². The average Bonchev–Trinajstić information content (AvgIpc) is 3.09. The van der Waals surface area contributed by atoms with E-state index in [0.717, 1.165) is 12.0 Å². The number of carboxylic acid groups (broad SMARTS) is 1. The molecular weight excluding hydrogens is 463 g/mol. The Kier molecular flexibility index (Phi) is 7.62. The number of likely N-dealkylation sites (tertiary alicyclic amines) is 2. The first kappa shape index (κ1) is 25.7. The van der Waals surface area contributed by atoms with Crippen LogP contribution in [0.1, 0.15) is 49.0 Å². The number of carbonyl (C=O) groups is 3. The highest BCUT2D eigenvalue weighted by Gasteiger charge is 2.52. The van der Waals surface area contributed by atoms with Crippen LogP contribution in [0.4, 0.5) is 4.39 Å². The zero-order valence-electron chi connectivity index (χ0n) is 20.8. The molecule has 2 aliphatic heterocycles. The topological polar surface area (TPSA) is 87.2 Å². The Morgan fingerprint density at radius 1 is 1.14 bits per heavy atom. The molecule has 8 heteroatoms. The number of nitrogens with zero attached hydrogens (tertiary/aromatic N) is 2. The monoisotopic (exact) mass is 496 g/mol. The molecule has 4 rings (SSSR count). The fourth-order valence-electron chi connectivity index (χ4n) is 5.42. The minimum Gasteiger partial charge on any atom is -0.482 e. The van der Waals surface area contributed by atoms with Crippen LogP contribution < -0.4 is 4.74 Å². The maximum Gasteiger partial charge on any atom is 0.341 e. The van der Waals surface area contributed by atoms with Crippen molar-refractivity contribution < 1.29 is 28.6 Å². The molecule has 7 nitrogen and oxygen atoms in total. The fourth-order valence-corrected chi connectivity index (χ4v) is 5.42. The summed E-state index contributed by atoms with van der Waals surface area (Å²) in [6.07, 6.45) is 2.62. The van der Waals surface area contributed by atoms with Crippen molar-refractivity contribution in [2.24, 2.45) is 11.3 Å². The number of rotatable bonds is 8. The molecule has 1 atom stereocenters. The van der Waals surface area contributed by atoms with Crippen LogP contribution in [0.2, 0.25) is 0 Å². The minimum atomic E-state index is -1.08. The standard InChI is InChI=1S/C28H33FN2O5/c1-19(2)17-31-23(14-20-6-8-22(29)9-7-20)16-28(27(31)35)10-12-30(13-11-28)26(34)21-4-3-5-24(15-21)36-18-25(32)33/h3-9,15,19,23H,10-14,16-18H2,1-2H3,(H,32,33)/t23-/m0/s1. The van der Waals surface area contributed by atoms with Gasteiger partial charge in [-0.05, 0) is 67.5 Å². The van der Waals surface area contributed by atoms with Crippen molar-refractivity contribution in [2.75, 3.05) is 26.2 Å². The SMILES string of the molecule is CC(C)CN1C(=O)C2(CCN(C(=O)c3cccc(OCC(=O)O)c3)CC2)C[C@@H]1Cc1ccc(F)cc1. The van der Waals surface area contributed by atoms with Gasteiger partial charge in [0.2, 0.25) is 5.91 Å². The van der Waals surface area contributed by atoms with E-state index in [0.29, 0.717) is 56.1 Å². The summed E-state index contributed by atoms with van der Waals surface area (Å²) in [5.41, 5.74) is 0.961. The van der Waals surface area contributed by atoms with Gasteiger partial charge in [-0.15, -0.1) is 0 Å². The van der Waals surface area contributed by atoms with Crippen molar-refractivity contribution in [3.05, 3.63) is 65.5 Å². The van der Waals surface area contributed by atoms with E-state index in [2.05, 4.69) is 13.8 Å². The average molecular weight is 497 g/mol. The number of aliphatic carboxylic acids is 1. The van der Waals surface area contributed by atoms with Gasteiger partial charge in [-0.1, -0.05) is 32.0 Å².